The molecule has 1 aromatic carbocycles. The van der Waals surface area contributed by atoms with E-state index in [2.05, 4.69) is 24.9 Å². The number of carbonyl (C=O) groups is 1. The van der Waals surface area contributed by atoms with Crippen LogP contribution in [0.25, 0.3) is 10.9 Å². The second-order valence-electron chi connectivity index (χ2n) is 12.5. The van der Waals surface area contributed by atoms with Crippen LogP contribution in [0.1, 0.15) is 57.9 Å². The number of hydrogen-bond donors (Lipinski definition) is 2. The van der Waals surface area contributed by atoms with Crippen LogP contribution in [0.2, 0.25) is 0 Å². The summed E-state index contributed by atoms with van der Waals surface area (Å²) in [5.41, 5.74) is 1.09. The monoisotopic (exact) mass is 612 g/mol. The third kappa shape index (κ3) is 5.81. The number of H-pyrrole nitrogens is 1. The van der Waals surface area contributed by atoms with Crippen molar-refractivity contribution < 1.29 is 18.0 Å². The van der Waals surface area contributed by atoms with E-state index in [1.54, 1.807) is 30.2 Å². The predicted octanol–water partition coefficient (Wildman–Crippen LogP) is 1.63. The van der Waals surface area contributed by atoms with Crippen LogP contribution in [-0.4, -0.2) is 76.9 Å². The number of nitrogens with zero attached hydrogens (tertiary/aromatic N) is 6. The van der Waals surface area contributed by atoms with E-state index >= 15 is 0 Å². The molecule has 13 nitrogen and oxygen atoms in total. The van der Waals surface area contributed by atoms with Crippen LogP contribution in [0.3, 0.4) is 0 Å². The van der Waals surface area contributed by atoms with E-state index in [1.165, 1.54) is 17.7 Å². The normalized spacial score (nSPS) is 21.1. The largest absolute Gasteiger partial charge is 0.396 e. The number of benzene rings is 1. The quantitative estimate of drug-likeness (QED) is 0.368. The first-order valence-electron chi connectivity index (χ1n) is 14.9. The first-order valence-corrected chi connectivity index (χ1v) is 16.4. The maximum atomic E-state index is 14.1. The summed E-state index contributed by atoms with van der Waals surface area (Å²) in [6, 6.07) is 2.97. The van der Waals surface area contributed by atoms with Gasteiger partial charge in [-0.05, 0) is 56.8 Å². The Bertz CT molecular complexity index is 1780. The third-order valence-electron chi connectivity index (χ3n) is 8.98. The highest BCUT2D eigenvalue weighted by Gasteiger charge is 2.42. The fourth-order valence-electron chi connectivity index (χ4n) is 6.35. The molecule has 0 radical (unpaired) electrons. The summed E-state index contributed by atoms with van der Waals surface area (Å²) >= 11 is 0. The highest BCUT2D eigenvalue weighted by atomic mass is 32.2. The molecule has 43 heavy (non-hydrogen) atoms. The highest BCUT2D eigenvalue weighted by molar-refractivity contribution is 7.89. The SMILES string of the molecule is CON=c1[nH]c2c(N3CCN(C(=O)C4CCCC4)C(C)C3)cc(S(=O)(=O)NC3(C)CC3)cc2c(=O)n1Cc1cnn(C)c1. The van der Waals surface area contributed by atoms with Crippen molar-refractivity contribution in [2.45, 2.75) is 75.4 Å². The van der Waals surface area contributed by atoms with E-state index in [1.807, 2.05) is 18.7 Å². The lowest BCUT2D eigenvalue weighted by Crippen LogP contribution is -2.55. The van der Waals surface area contributed by atoms with Crippen molar-refractivity contribution in [2.75, 3.05) is 31.6 Å². The van der Waals surface area contributed by atoms with Gasteiger partial charge in [0.1, 0.15) is 7.11 Å². The minimum absolute atomic E-state index is 0.0232. The second kappa shape index (κ2) is 11.1. The number of carbonyl (C=O) groups excluding carboxylic acids is 1. The molecule has 2 aliphatic carbocycles. The number of aryl methyl sites for hydroxylation is 1. The predicted molar refractivity (Wildman–Crippen MR) is 161 cm³/mol. The lowest BCUT2D eigenvalue weighted by Gasteiger charge is -2.42. The first-order chi connectivity index (χ1) is 20.5. The molecule has 3 aliphatic rings. The van der Waals surface area contributed by atoms with Gasteiger partial charge >= 0.3 is 0 Å². The van der Waals surface area contributed by atoms with Crippen LogP contribution in [0.4, 0.5) is 5.69 Å². The van der Waals surface area contributed by atoms with Gasteiger partial charge in [0.2, 0.25) is 21.5 Å². The van der Waals surface area contributed by atoms with Crippen LogP contribution in [0.15, 0.2) is 39.4 Å². The summed E-state index contributed by atoms with van der Waals surface area (Å²) in [5.74, 6) is 0.293. The van der Waals surface area contributed by atoms with Crippen molar-refractivity contribution in [2.24, 2.45) is 18.1 Å². The van der Waals surface area contributed by atoms with Crippen molar-refractivity contribution in [3.05, 3.63) is 46.1 Å². The fourth-order valence-corrected chi connectivity index (χ4v) is 7.86. The summed E-state index contributed by atoms with van der Waals surface area (Å²) in [7, 11) is -0.735. The van der Waals surface area contributed by atoms with Crippen molar-refractivity contribution in [1.82, 2.24) is 29.0 Å². The van der Waals surface area contributed by atoms with Crippen LogP contribution in [0, 0.1) is 5.92 Å². The summed E-state index contributed by atoms with van der Waals surface area (Å²) in [6.07, 6.45) is 9.04. The van der Waals surface area contributed by atoms with Gasteiger partial charge in [0.25, 0.3) is 5.56 Å². The molecular formula is C29H40N8O5S. The van der Waals surface area contributed by atoms with Crippen LogP contribution in [-0.2, 0) is 33.2 Å². The molecule has 3 heterocycles. The zero-order valence-electron chi connectivity index (χ0n) is 25.2. The van der Waals surface area contributed by atoms with Crippen molar-refractivity contribution in [1.29, 1.82) is 0 Å². The Kier molecular flexibility index (Phi) is 7.61. The van der Waals surface area contributed by atoms with Gasteiger partial charge in [-0.2, -0.15) is 5.10 Å². The Morgan fingerprint density at radius 3 is 2.60 bits per heavy atom. The number of sulfonamides is 1. The number of fused-ring (bicyclic) bond motifs is 1. The van der Waals surface area contributed by atoms with Gasteiger partial charge in [-0.25, -0.2) is 13.1 Å². The molecule has 232 valence electrons. The lowest BCUT2D eigenvalue weighted by atomic mass is 10.0. The molecule has 1 aliphatic heterocycles. The Labute approximate surface area is 250 Å². The topological polar surface area (TPSA) is 147 Å². The van der Waals surface area contributed by atoms with Gasteiger partial charge in [0.15, 0.2) is 0 Å². The van der Waals surface area contributed by atoms with E-state index < -0.39 is 21.1 Å². The Morgan fingerprint density at radius 2 is 1.98 bits per heavy atom. The number of hydrogen-bond acceptors (Lipinski definition) is 8. The fraction of sp³-hybridized carbons (Fsp3) is 0.586. The number of anilines is 1. The van der Waals surface area contributed by atoms with Gasteiger partial charge in [-0.15, -0.1) is 0 Å². The maximum absolute atomic E-state index is 14.1. The molecule has 14 heteroatoms. The molecule has 1 atom stereocenters. The summed E-state index contributed by atoms with van der Waals surface area (Å²) in [5, 5.41) is 8.52. The molecule has 2 N–H and O–H groups in total. The lowest BCUT2D eigenvalue weighted by molar-refractivity contribution is -0.137. The number of rotatable bonds is 8. The number of amides is 1. The van der Waals surface area contributed by atoms with Crippen LogP contribution < -0.4 is 20.8 Å². The molecule has 0 spiro atoms. The average molecular weight is 613 g/mol. The molecule has 1 saturated heterocycles. The number of aromatic amines is 1. The minimum atomic E-state index is -3.93. The zero-order valence-corrected chi connectivity index (χ0v) is 26.0. The van der Waals surface area contributed by atoms with Gasteiger partial charge in [0, 0.05) is 55.9 Å². The second-order valence-corrected chi connectivity index (χ2v) is 14.2. The van der Waals surface area contributed by atoms with Crippen LogP contribution in [0.5, 0.6) is 0 Å². The minimum Gasteiger partial charge on any atom is -0.396 e. The van der Waals surface area contributed by atoms with Crippen molar-refractivity contribution in [3.8, 4) is 0 Å². The number of nitrogens with one attached hydrogen (secondary N) is 2. The molecule has 2 aromatic heterocycles. The van der Waals surface area contributed by atoms with E-state index in [-0.39, 0.29) is 40.3 Å². The van der Waals surface area contributed by atoms with Crippen LogP contribution >= 0.6 is 0 Å². The standard InChI is InChI=1S/C29H40N8O5S/c1-19-16-35(11-12-36(19)26(38)21-7-5-6-8-21)24-14-22(43(40,41)33-29(2)9-10-29)13-23-25(24)31-28(32-42-4)37(27(23)39)18-20-15-30-34(3)17-20/h13-15,17,19,21,33H,5-12,16,18H2,1-4H3,(H,31,32). The van der Waals surface area contributed by atoms with Crippen molar-refractivity contribution in [3.63, 3.8) is 0 Å². The van der Waals surface area contributed by atoms with E-state index in [9.17, 15) is 18.0 Å². The van der Waals surface area contributed by atoms with Gasteiger partial charge < -0.3 is 19.6 Å². The van der Waals surface area contributed by atoms with Crippen molar-refractivity contribution >= 4 is 32.5 Å². The zero-order chi connectivity index (χ0) is 30.5. The molecule has 3 fully saturated rings. The number of piperazine rings is 1. The number of aromatic nitrogens is 4. The highest BCUT2D eigenvalue weighted by Crippen LogP contribution is 2.37. The summed E-state index contributed by atoms with van der Waals surface area (Å²) in [6.45, 7) is 5.55. The summed E-state index contributed by atoms with van der Waals surface area (Å²) in [4.78, 5) is 39.8. The molecular weight excluding hydrogens is 572 g/mol. The van der Waals surface area contributed by atoms with E-state index in [4.69, 9.17) is 4.84 Å². The van der Waals surface area contributed by atoms with E-state index in [0.29, 0.717) is 30.8 Å². The van der Waals surface area contributed by atoms with Gasteiger partial charge in [0.05, 0.1) is 34.2 Å². The molecule has 1 amide bonds. The molecule has 2 saturated carbocycles. The third-order valence-corrected chi connectivity index (χ3v) is 10.6. The first kappa shape index (κ1) is 29.4. The Balaban J connectivity index is 1.46. The summed E-state index contributed by atoms with van der Waals surface area (Å²) < 4.78 is 33.1. The smallest absolute Gasteiger partial charge is 0.263 e. The Hall–Kier alpha value is -3.65. The Morgan fingerprint density at radius 1 is 1.23 bits per heavy atom. The molecule has 0 bridgehead atoms. The van der Waals surface area contributed by atoms with Gasteiger partial charge in [-0.1, -0.05) is 12.8 Å². The maximum Gasteiger partial charge on any atom is 0.263 e. The molecule has 1 unspecified atom stereocenters. The average Bonchev–Trinajstić information content (AvgIpc) is 3.31. The van der Waals surface area contributed by atoms with Gasteiger partial charge in [-0.3, -0.25) is 18.8 Å². The molecule has 3 aromatic rings. The van der Waals surface area contributed by atoms with E-state index in [0.717, 1.165) is 44.1 Å². The molecule has 6 rings (SSSR count).